The van der Waals surface area contributed by atoms with Gasteiger partial charge in [0, 0.05) is 37.8 Å². The topological polar surface area (TPSA) is 61.9 Å². The number of benzene rings is 2. The van der Waals surface area contributed by atoms with E-state index in [1.807, 2.05) is 0 Å². The standard InChI is InChI=1S/C22H20F5N3O3/c23-14-1-4-19(17(24)10-14)30-12-13(9-20(30)31)21(32)28-18-3-2-15(11-16(18)22(25,26)27)29-5-7-33-8-6-29/h1-4,10-11,13H,5-9,12H2,(H,28,32). The van der Waals surface area contributed by atoms with Crippen molar-refractivity contribution in [2.75, 3.05) is 48.0 Å². The zero-order chi connectivity index (χ0) is 23.8. The van der Waals surface area contributed by atoms with Gasteiger partial charge >= 0.3 is 6.18 Å². The normalized spacial score (nSPS) is 19.2. The maximum absolute atomic E-state index is 14.1. The predicted molar refractivity (Wildman–Crippen MR) is 110 cm³/mol. The average molecular weight is 469 g/mol. The van der Waals surface area contributed by atoms with Crippen molar-refractivity contribution in [1.82, 2.24) is 0 Å². The number of hydrogen-bond donors (Lipinski definition) is 1. The third kappa shape index (κ3) is 4.92. The monoisotopic (exact) mass is 469 g/mol. The number of anilines is 3. The van der Waals surface area contributed by atoms with Crippen LogP contribution >= 0.6 is 0 Å². The molecule has 0 aromatic heterocycles. The van der Waals surface area contributed by atoms with Gasteiger partial charge in [0.25, 0.3) is 0 Å². The molecule has 11 heteroatoms. The highest BCUT2D eigenvalue weighted by Crippen LogP contribution is 2.38. The first kappa shape index (κ1) is 23.0. The molecule has 0 bridgehead atoms. The van der Waals surface area contributed by atoms with Crippen LogP contribution in [0.4, 0.5) is 39.0 Å². The lowest BCUT2D eigenvalue weighted by Gasteiger charge is -2.29. The van der Waals surface area contributed by atoms with E-state index in [2.05, 4.69) is 5.32 Å². The van der Waals surface area contributed by atoms with E-state index in [0.717, 1.165) is 23.1 Å². The van der Waals surface area contributed by atoms with Crippen LogP contribution in [0.3, 0.4) is 0 Å². The molecule has 2 aromatic carbocycles. The highest BCUT2D eigenvalue weighted by molar-refractivity contribution is 6.03. The van der Waals surface area contributed by atoms with E-state index in [0.29, 0.717) is 38.1 Å². The van der Waals surface area contributed by atoms with Gasteiger partial charge in [-0.05, 0) is 30.3 Å². The van der Waals surface area contributed by atoms with Gasteiger partial charge in [-0.2, -0.15) is 13.2 Å². The molecule has 2 aliphatic heterocycles. The van der Waals surface area contributed by atoms with Crippen LogP contribution in [0.25, 0.3) is 0 Å². The van der Waals surface area contributed by atoms with Crippen molar-refractivity contribution in [3.63, 3.8) is 0 Å². The lowest BCUT2D eigenvalue weighted by atomic mass is 10.1. The van der Waals surface area contributed by atoms with Crippen molar-refractivity contribution in [2.24, 2.45) is 5.92 Å². The molecule has 4 rings (SSSR count). The Labute approximate surface area is 185 Å². The maximum Gasteiger partial charge on any atom is 0.418 e. The summed E-state index contributed by atoms with van der Waals surface area (Å²) in [6, 6.07) is 6.30. The molecule has 0 radical (unpaired) electrons. The molecule has 0 aliphatic carbocycles. The predicted octanol–water partition coefficient (Wildman–Crippen LogP) is 3.81. The van der Waals surface area contributed by atoms with E-state index in [1.54, 1.807) is 4.90 Å². The summed E-state index contributed by atoms with van der Waals surface area (Å²) in [6.45, 7) is 1.47. The van der Waals surface area contributed by atoms with Gasteiger partial charge in [-0.15, -0.1) is 0 Å². The average Bonchev–Trinajstić information content (AvgIpc) is 3.15. The number of nitrogens with zero attached hydrogens (tertiary/aromatic N) is 2. The van der Waals surface area contributed by atoms with E-state index in [-0.39, 0.29) is 18.7 Å². The summed E-state index contributed by atoms with van der Waals surface area (Å²) in [7, 11) is 0. The molecule has 2 fully saturated rings. The van der Waals surface area contributed by atoms with Crippen molar-refractivity contribution < 1.29 is 36.3 Å². The van der Waals surface area contributed by atoms with Crippen molar-refractivity contribution in [2.45, 2.75) is 12.6 Å². The fourth-order valence-corrected chi connectivity index (χ4v) is 3.95. The summed E-state index contributed by atoms with van der Waals surface area (Å²) in [4.78, 5) is 27.8. The number of rotatable bonds is 4. The van der Waals surface area contributed by atoms with E-state index in [1.165, 1.54) is 12.1 Å². The van der Waals surface area contributed by atoms with E-state index < -0.39 is 46.8 Å². The SMILES string of the molecule is O=C(Nc1ccc(N2CCOCC2)cc1C(F)(F)F)C1CC(=O)N(c2ccc(F)cc2F)C1. The van der Waals surface area contributed by atoms with Crippen LogP contribution in [0.15, 0.2) is 36.4 Å². The van der Waals surface area contributed by atoms with Crippen LogP contribution in [-0.2, 0) is 20.5 Å². The van der Waals surface area contributed by atoms with Gasteiger partial charge in [-0.1, -0.05) is 0 Å². The van der Waals surface area contributed by atoms with Crippen LogP contribution in [0.2, 0.25) is 0 Å². The minimum Gasteiger partial charge on any atom is -0.378 e. The lowest BCUT2D eigenvalue weighted by molar-refractivity contribution is -0.137. The summed E-state index contributed by atoms with van der Waals surface area (Å²) in [5, 5.41) is 2.27. The Morgan fingerprint density at radius 3 is 2.45 bits per heavy atom. The first-order valence-electron chi connectivity index (χ1n) is 10.2. The molecule has 0 saturated carbocycles. The number of hydrogen-bond acceptors (Lipinski definition) is 4. The van der Waals surface area contributed by atoms with E-state index in [9.17, 15) is 31.5 Å². The van der Waals surface area contributed by atoms with Gasteiger partial charge in [0.05, 0.1) is 36.1 Å². The van der Waals surface area contributed by atoms with Crippen LogP contribution in [0, 0.1) is 17.6 Å². The van der Waals surface area contributed by atoms with Gasteiger partial charge in [0.1, 0.15) is 11.6 Å². The van der Waals surface area contributed by atoms with Crippen molar-refractivity contribution in [3.05, 3.63) is 53.6 Å². The van der Waals surface area contributed by atoms with Crippen molar-refractivity contribution >= 4 is 28.9 Å². The van der Waals surface area contributed by atoms with Crippen LogP contribution < -0.4 is 15.1 Å². The maximum atomic E-state index is 14.1. The Balaban J connectivity index is 1.52. The van der Waals surface area contributed by atoms with Gasteiger partial charge in [0.2, 0.25) is 11.8 Å². The molecule has 1 unspecified atom stereocenters. The molecule has 0 spiro atoms. The highest BCUT2D eigenvalue weighted by atomic mass is 19.4. The summed E-state index contributed by atoms with van der Waals surface area (Å²) in [5.74, 6) is -4.17. The summed E-state index contributed by atoms with van der Waals surface area (Å²) in [6.07, 6.45) is -5.03. The number of carbonyl (C=O) groups excluding carboxylic acids is 2. The number of alkyl halides is 3. The molecule has 2 aliphatic rings. The summed E-state index contributed by atoms with van der Waals surface area (Å²) in [5.41, 5.74) is -1.27. The first-order chi connectivity index (χ1) is 15.6. The minimum absolute atomic E-state index is 0.192. The third-order valence-corrected chi connectivity index (χ3v) is 5.64. The van der Waals surface area contributed by atoms with Gasteiger partial charge < -0.3 is 19.9 Å². The number of carbonyl (C=O) groups is 2. The summed E-state index contributed by atoms with van der Waals surface area (Å²) < 4.78 is 73.6. The number of halogens is 5. The molecular weight excluding hydrogens is 449 g/mol. The quantitative estimate of drug-likeness (QED) is 0.692. The second-order valence-corrected chi connectivity index (χ2v) is 7.82. The van der Waals surface area contributed by atoms with E-state index >= 15 is 0 Å². The fourth-order valence-electron chi connectivity index (χ4n) is 3.95. The molecule has 2 amide bonds. The lowest BCUT2D eigenvalue weighted by Crippen LogP contribution is -2.36. The smallest absolute Gasteiger partial charge is 0.378 e. The molecule has 176 valence electrons. The number of ether oxygens (including phenoxy) is 1. The van der Waals surface area contributed by atoms with Gasteiger partial charge in [-0.3, -0.25) is 9.59 Å². The second-order valence-electron chi connectivity index (χ2n) is 7.82. The Morgan fingerprint density at radius 2 is 1.79 bits per heavy atom. The second kappa shape index (κ2) is 8.97. The molecule has 2 heterocycles. The minimum atomic E-state index is -4.72. The van der Waals surface area contributed by atoms with Crippen LogP contribution in [-0.4, -0.2) is 44.7 Å². The zero-order valence-corrected chi connectivity index (χ0v) is 17.3. The molecule has 1 N–H and O–H groups in total. The molecule has 33 heavy (non-hydrogen) atoms. The zero-order valence-electron chi connectivity index (χ0n) is 17.3. The van der Waals surface area contributed by atoms with Crippen LogP contribution in [0.5, 0.6) is 0 Å². The Morgan fingerprint density at radius 1 is 1.06 bits per heavy atom. The number of nitrogens with one attached hydrogen (secondary N) is 1. The first-order valence-corrected chi connectivity index (χ1v) is 10.2. The van der Waals surface area contributed by atoms with Crippen molar-refractivity contribution in [3.8, 4) is 0 Å². The van der Waals surface area contributed by atoms with Gasteiger partial charge in [0.15, 0.2) is 0 Å². The Kier molecular flexibility index (Phi) is 6.24. The molecule has 2 saturated heterocycles. The number of morpholine rings is 1. The summed E-state index contributed by atoms with van der Waals surface area (Å²) >= 11 is 0. The molecular formula is C22H20F5N3O3. The third-order valence-electron chi connectivity index (χ3n) is 5.64. The highest BCUT2D eigenvalue weighted by Gasteiger charge is 2.39. The van der Waals surface area contributed by atoms with E-state index in [4.69, 9.17) is 4.74 Å². The molecule has 2 aromatic rings. The van der Waals surface area contributed by atoms with Crippen molar-refractivity contribution in [1.29, 1.82) is 0 Å². The Bertz CT molecular complexity index is 1070. The fraction of sp³-hybridized carbons (Fsp3) is 0.364. The Hall–Kier alpha value is -3.21. The molecule has 6 nitrogen and oxygen atoms in total. The van der Waals surface area contributed by atoms with Gasteiger partial charge in [-0.25, -0.2) is 8.78 Å². The largest absolute Gasteiger partial charge is 0.418 e. The number of amides is 2. The van der Waals surface area contributed by atoms with Crippen LogP contribution in [0.1, 0.15) is 12.0 Å². The molecule has 1 atom stereocenters.